The Morgan fingerprint density at radius 3 is 2.62 bits per heavy atom. The second kappa shape index (κ2) is 6.93. The van der Waals surface area contributed by atoms with Gasteiger partial charge in [0.2, 0.25) is 0 Å². The van der Waals surface area contributed by atoms with Crippen molar-refractivity contribution in [2.45, 2.75) is 52.2 Å². The summed E-state index contributed by atoms with van der Waals surface area (Å²) in [6.45, 7) is 8.33. The highest BCUT2D eigenvalue weighted by molar-refractivity contribution is 5.86. The fraction of sp³-hybridized carbons (Fsp3) is 0.526. The van der Waals surface area contributed by atoms with Crippen LogP contribution in [0, 0.1) is 5.82 Å². The van der Waals surface area contributed by atoms with E-state index in [1.807, 2.05) is 6.92 Å². The molecular formula is C19H25FN2O2. The van der Waals surface area contributed by atoms with Crippen molar-refractivity contribution in [3.05, 3.63) is 40.1 Å². The normalized spacial score (nSPS) is 16.9. The minimum absolute atomic E-state index is 0.0269. The molecule has 1 N–H and O–H groups in total. The van der Waals surface area contributed by atoms with Gasteiger partial charge in [0.15, 0.2) is 11.6 Å². The number of piperidine rings is 1. The number of likely N-dealkylation sites (tertiary alicyclic amines) is 1. The number of halogens is 1. The van der Waals surface area contributed by atoms with Gasteiger partial charge in [-0.15, -0.1) is 0 Å². The summed E-state index contributed by atoms with van der Waals surface area (Å²) >= 11 is 0. The van der Waals surface area contributed by atoms with Gasteiger partial charge in [-0.05, 0) is 56.2 Å². The van der Waals surface area contributed by atoms with E-state index in [2.05, 4.69) is 23.7 Å². The summed E-state index contributed by atoms with van der Waals surface area (Å²) in [6, 6.07) is 3.52. The van der Waals surface area contributed by atoms with Crippen LogP contribution in [0.2, 0.25) is 0 Å². The summed E-state index contributed by atoms with van der Waals surface area (Å²) in [5, 5.41) is 1.16. The number of nitrogens with zero attached hydrogens (tertiary/aromatic N) is 1. The number of benzene rings is 1. The molecule has 1 aliphatic rings. The Bertz CT molecular complexity index is 777. The Morgan fingerprint density at radius 1 is 1.29 bits per heavy atom. The van der Waals surface area contributed by atoms with Crippen molar-refractivity contribution in [1.29, 1.82) is 0 Å². The number of ether oxygens (including phenoxy) is 1. The van der Waals surface area contributed by atoms with Crippen LogP contribution in [0.4, 0.5) is 4.39 Å². The first-order valence-electron chi connectivity index (χ1n) is 8.74. The zero-order valence-corrected chi connectivity index (χ0v) is 14.6. The van der Waals surface area contributed by atoms with Gasteiger partial charge in [-0.2, -0.15) is 0 Å². The fourth-order valence-corrected chi connectivity index (χ4v) is 3.39. The fourth-order valence-electron chi connectivity index (χ4n) is 3.39. The van der Waals surface area contributed by atoms with Gasteiger partial charge in [-0.1, -0.05) is 6.92 Å². The van der Waals surface area contributed by atoms with E-state index in [1.54, 1.807) is 12.3 Å². The van der Waals surface area contributed by atoms with Crippen molar-refractivity contribution >= 4 is 10.8 Å². The van der Waals surface area contributed by atoms with Gasteiger partial charge in [-0.25, -0.2) is 4.39 Å². The molecule has 4 nitrogen and oxygen atoms in total. The summed E-state index contributed by atoms with van der Waals surface area (Å²) in [5.74, 6) is -0.210. The maximum Gasteiger partial charge on any atom is 0.255 e. The van der Waals surface area contributed by atoms with Crippen molar-refractivity contribution in [1.82, 2.24) is 9.88 Å². The number of H-pyrrole nitrogens is 1. The number of pyridine rings is 1. The van der Waals surface area contributed by atoms with Crippen molar-refractivity contribution < 1.29 is 9.13 Å². The van der Waals surface area contributed by atoms with Gasteiger partial charge in [0.05, 0.1) is 5.39 Å². The number of aryl methyl sites for hydroxylation is 1. The minimum atomic E-state index is -0.465. The first kappa shape index (κ1) is 17.0. The first-order chi connectivity index (χ1) is 11.5. The van der Waals surface area contributed by atoms with Crippen LogP contribution in [0.3, 0.4) is 0 Å². The van der Waals surface area contributed by atoms with E-state index in [-0.39, 0.29) is 17.4 Å². The molecule has 3 rings (SSSR count). The molecular weight excluding hydrogens is 307 g/mol. The SMILES string of the molecule is CCc1c[nH]c(=O)c2cc(F)c(OC3CCN(C(C)C)CC3)cc12. The second-order valence-corrected chi connectivity index (χ2v) is 6.77. The van der Waals surface area contributed by atoms with Crippen molar-refractivity contribution in [3.63, 3.8) is 0 Å². The van der Waals surface area contributed by atoms with Crippen LogP contribution in [-0.2, 0) is 6.42 Å². The molecule has 1 aliphatic heterocycles. The monoisotopic (exact) mass is 332 g/mol. The van der Waals surface area contributed by atoms with Gasteiger partial charge in [0.25, 0.3) is 5.56 Å². The Morgan fingerprint density at radius 2 is 2.00 bits per heavy atom. The lowest BCUT2D eigenvalue weighted by Gasteiger charge is -2.34. The zero-order valence-electron chi connectivity index (χ0n) is 14.6. The Balaban J connectivity index is 1.85. The third-order valence-electron chi connectivity index (χ3n) is 4.92. The van der Waals surface area contributed by atoms with Gasteiger partial charge in [0.1, 0.15) is 6.10 Å². The molecule has 0 unspecified atom stereocenters. The number of aromatic nitrogens is 1. The molecule has 1 aromatic carbocycles. The van der Waals surface area contributed by atoms with Crippen LogP contribution in [0.5, 0.6) is 5.75 Å². The van der Waals surface area contributed by atoms with Crippen LogP contribution in [0.15, 0.2) is 23.1 Å². The highest BCUT2D eigenvalue weighted by Gasteiger charge is 2.23. The standard InChI is InChI=1S/C19H25FN2O2/c1-4-13-11-21-19(23)16-9-17(20)18(10-15(13)16)24-14-5-7-22(8-6-14)12(2)3/h9-12,14H,4-8H2,1-3H3,(H,21,23). The van der Waals surface area contributed by atoms with E-state index in [0.717, 1.165) is 43.3 Å². The largest absolute Gasteiger partial charge is 0.487 e. The maximum absolute atomic E-state index is 14.4. The number of hydrogen-bond donors (Lipinski definition) is 1. The van der Waals surface area contributed by atoms with Crippen molar-refractivity contribution in [3.8, 4) is 5.75 Å². The van der Waals surface area contributed by atoms with E-state index in [0.29, 0.717) is 11.4 Å². The average molecular weight is 332 g/mol. The summed E-state index contributed by atoms with van der Waals surface area (Å²) in [5.41, 5.74) is 0.724. The van der Waals surface area contributed by atoms with Crippen molar-refractivity contribution in [2.24, 2.45) is 0 Å². The first-order valence-corrected chi connectivity index (χ1v) is 8.74. The number of nitrogens with one attached hydrogen (secondary N) is 1. The molecule has 5 heteroatoms. The number of hydrogen-bond acceptors (Lipinski definition) is 3. The molecule has 1 aromatic heterocycles. The quantitative estimate of drug-likeness (QED) is 0.932. The third kappa shape index (κ3) is 3.31. The molecule has 1 saturated heterocycles. The molecule has 0 aliphatic carbocycles. The van der Waals surface area contributed by atoms with E-state index >= 15 is 0 Å². The molecule has 130 valence electrons. The molecule has 1 fully saturated rings. The van der Waals surface area contributed by atoms with E-state index < -0.39 is 5.82 Å². The van der Waals surface area contributed by atoms with Gasteiger partial charge >= 0.3 is 0 Å². The molecule has 0 amide bonds. The Hall–Kier alpha value is -1.88. The topological polar surface area (TPSA) is 45.3 Å². The molecule has 0 bridgehead atoms. The smallest absolute Gasteiger partial charge is 0.255 e. The lowest BCUT2D eigenvalue weighted by atomic mass is 10.0. The van der Waals surface area contributed by atoms with E-state index in [9.17, 15) is 9.18 Å². The van der Waals surface area contributed by atoms with Crippen LogP contribution < -0.4 is 10.3 Å². The molecule has 2 aromatic rings. The van der Waals surface area contributed by atoms with Crippen LogP contribution in [0.25, 0.3) is 10.8 Å². The zero-order chi connectivity index (χ0) is 17.3. The Kier molecular flexibility index (Phi) is 4.90. The lowest BCUT2D eigenvalue weighted by Crippen LogP contribution is -2.41. The molecule has 0 atom stereocenters. The maximum atomic E-state index is 14.4. The lowest BCUT2D eigenvalue weighted by molar-refractivity contribution is 0.0817. The highest BCUT2D eigenvalue weighted by atomic mass is 19.1. The van der Waals surface area contributed by atoms with Gasteiger partial charge in [0, 0.05) is 25.3 Å². The predicted octanol–water partition coefficient (Wildman–Crippen LogP) is 3.48. The van der Waals surface area contributed by atoms with Gasteiger partial charge in [-0.3, -0.25) is 4.79 Å². The average Bonchev–Trinajstić information content (AvgIpc) is 2.57. The van der Waals surface area contributed by atoms with Gasteiger partial charge < -0.3 is 14.6 Å². The molecule has 2 heterocycles. The molecule has 0 spiro atoms. The van der Waals surface area contributed by atoms with E-state index in [4.69, 9.17) is 4.74 Å². The van der Waals surface area contributed by atoms with Crippen molar-refractivity contribution in [2.75, 3.05) is 13.1 Å². The summed E-state index contributed by atoms with van der Waals surface area (Å²) in [4.78, 5) is 17.0. The molecule has 0 saturated carbocycles. The molecule has 0 radical (unpaired) electrons. The summed E-state index contributed by atoms with van der Waals surface area (Å²) in [7, 11) is 0. The van der Waals surface area contributed by atoms with E-state index in [1.165, 1.54) is 6.07 Å². The highest BCUT2D eigenvalue weighted by Crippen LogP contribution is 2.28. The number of fused-ring (bicyclic) bond motifs is 1. The minimum Gasteiger partial charge on any atom is -0.487 e. The molecule has 24 heavy (non-hydrogen) atoms. The number of rotatable bonds is 4. The Labute approximate surface area is 141 Å². The second-order valence-electron chi connectivity index (χ2n) is 6.77. The van der Waals surface area contributed by atoms with Crippen LogP contribution in [-0.4, -0.2) is 35.1 Å². The summed E-state index contributed by atoms with van der Waals surface area (Å²) in [6.07, 6.45) is 4.29. The number of aromatic amines is 1. The van der Waals surface area contributed by atoms with Crippen LogP contribution >= 0.6 is 0 Å². The third-order valence-corrected chi connectivity index (χ3v) is 4.92. The summed E-state index contributed by atoms with van der Waals surface area (Å²) < 4.78 is 20.4. The predicted molar refractivity (Wildman–Crippen MR) is 94.3 cm³/mol. The van der Waals surface area contributed by atoms with Crippen LogP contribution in [0.1, 0.15) is 39.2 Å².